The number of likely N-dealkylation sites (N-methyl/N-ethyl adjacent to an activating group) is 1. The van der Waals surface area contributed by atoms with Crippen molar-refractivity contribution in [2.24, 2.45) is 5.92 Å². The first kappa shape index (κ1) is 62.0. The van der Waals surface area contributed by atoms with Gasteiger partial charge in [-0.2, -0.15) is 0 Å². The molecule has 0 aromatic carbocycles. The van der Waals surface area contributed by atoms with Gasteiger partial charge in [0.05, 0.1) is 13.1 Å². The van der Waals surface area contributed by atoms with Gasteiger partial charge in [-0.15, -0.1) is 0 Å². The third-order valence-corrected chi connectivity index (χ3v) is 14.1. The largest absolute Gasteiger partial charge is 0.339 e. The van der Waals surface area contributed by atoms with Gasteiger partial charge in [0, 0.05) is 26.2 Å². The van der Waals surface area contributed by atoms with Crippen molar-refractivity contribution in [2.45, 2.75) is 279 Å². The average Bonchev–Trinajstić information content (AvgIpc) is 3.29. The molecule has 1 saturated heterocycles. The predicted octanol–water partition coefficient (Wildman–Crippen LogP) is 16.1. The number of unbranched alkanes of at least 4 members (excludes halogenated alkanes) is 30. The summed E-state index contributed by atoms with van der Waals surface area (Å²) >= 11 is 0. The fourth-order valence-electron chi connectivity index (χ4n) is 9.47. The molecule has 0 aliphatic carbocycles. The van der Waals surface area contributed by atoms with Crippen LogP contribution in [-0.2, 0) is 9.59 Å². The molecule has 0 radical (unpaired) electrons. The number of amides is 1. The predicted molar refractivity (Wildman–Crippen MR) is 280 cm³/mol. The van der Waals surface area contributed by atoms with Crippen LogP contribution in [0.1, 0.15) is 279 Å². The maximum absolute atomic E-state index is 13.3. The van der Waals surface area contributed by atoms with E-state index in [1.165, 1.54) is 244 Å². The van der Waals surface area contributed by atoms with Crippen molar-refractivity contribution in [2.75, 3.05) is 72.5 Å². The molecule has 0 aromatic rings. The summed E-state index contributed by atoms with van der Waals surface area (Å²) in [5.41, 5.74) is 0. The molecule has 0 atom stereocenters. The second-order valence-electron chi connectivity index (χ2n) is 20.3. The van der Waals surface area contributed by atoms with Crippen molar-refractivity contribution in [3.8, 4) is 0 Å². The fourth-order valence-corrected chi connectivity index (χ4v) is 9.47. The quantitative estimate of drug-likeness (QED) is 0.0450. The lowest BCUT2D eigenvalue weighted by Crippen LogP contribution is -2.50. The number of nitrogens with zero attached hydrogens (tertiary/aromatic N) is 4. The minimum Gasteiger partial charge on any atom is -0.339 e. The van der Waals surface area contributed by atoms with Gasteiger partial charge in [-0.05, 0) is 64.8 Å². The van der Waals surface area contributed by atoms with E-state index in [2.05, 4.69) is 61.3 Å². The number of carbonyl (C=O) groups is 2. The zero-order valence-electron chi connectivity index (χ0n) is 44.2. The van der Waals surface area contributed by atoms with E-state index in [0.29, 0.717) is 19.0 Å². The lowest BCUT2D eigenvalue weighted by Gasteiger charge is -2.34. The van der Waals surface area contributed by atoms with Crippen molar-refractivity contribution in [3.05, 3.63) is 0 Å². The summed E-state index contributed by atoms with van der Waals surface area (Å²) in [6.07, 6.45) is 53.2. The molecule has 0 spiro atoms. The van der Waals surface area contributed by atoms with Crippen LogP contribution in [-0.4, -0.2) is 104 Å². The monoisotopic (exact) mass is 889 g/mol. The van der Waals surface area contributed by atoms with Crippen LogP contribution in [0, 0.1) is 5.92 Å². The molecule has 0 aromatic heterocycles. The smallest absolute Gasteiger partial charge is 0.236 e. The summed E-state index contributed by atoms with van der Waals surface area (Å²) in [6, 6.07) is 0. The highest BCUT2D eigenvalue weighted by Crippen LogP contribution is 2.23. The fraction of sp³-hybridized carbons (Fsp3) is 0.965. The number of hydrogen-bond acceptors (Lipinski definition) is 5. The first-order valence-corrected chi connectivity index (χ1v) is 28.8. The van der Waals surface area contributed by atoms with Crippen molar-refractivity contribution in [1.29, 1.82) is 0 Å². The van der Waals surface area contributed by atoms with E-state index in [1.54, 1.807) is 0 Å². The Labute approximate surface area is 397 Å². The molecule has 6 nitrogen and oxygen atoms in total. The second kappa shape index (κ2) is 50.4. The van der Waals surface area contributed by atoms with Gasteiger partial charge in [-0.1, -0.05) is 253 Å². The maximum atomic E-state index is 13.3. The highest BCUT2D eigenvalue weighted by molar-refractivity contribution is 5.78. The summed E-state index contributed by atoms with van der Waals surface area (Å²) < 4.78 is 0. The number of carbonyl (C=O) groups excluding carboxylic acids is 2. The molecule has 1 heterocycles. The first-order valence-electron chi connectivity index (χ1n) is 28.8. The second-order valence-corrected chi connectivity index (χ2v) is 20.3. The molecule has 6 heteroatoms. The molecule has 63 heavy (non-hydrogen) atoms. The number of rotatable bonds is 47. The first-order chi connectivity index (χ1) is 30.9. The zero-order chi connectivity index (χ0) is 46.1. The Morgan fingerprint density at radius 1 is 0.413 bits per heavy atom. The molecular formula is C57H116N4O2. The Morgan fingerprint density at radius 3 is 1.08 bits per heavy atom. The highest BCUT2D eigenvalue weighted by atomic mass is 16.2. The Hall–Kier alpha value is -0.980. The van der Waals surface area contributed by atoms with E-state index >= 15 is 0 Å². The molecule has 0 bridgehead atoms. The molecule has 1 aliphatic heterocycles. The topological polar surface area (TPSA) is 47.1 Å². The van der Waals surface area contributed by atoms with Crippen molar-refractivity contribution < 1.29 is 9.59 Å². The Bertz CT molecular complexity index is 873. The Morgan fingerprint density at radius 2 is 0.730 bits per heavy atom. The highest BCUT2D eigenvalue weighted by Gasteiger charge is 2.22. The van der Waals surface area contributed by atoms with Gasteiger partial charge in [0.1, 0.15) is 6.29 Å². The van der Waals surface area contributed by atoms with E-state index in [9.17, 15) is 9.59 Å². The maximum Gasteiger partial charge on any atom is 0.236 e. The van der Waals surface area contributed by atoms with Gasteiger partial charge in [0.15, 0.2) is 0 Å². The Balaban J connectivity index is 0.00000147. The summed E-state index contributed by atoms with van der Waals surface area (Å²) in [5, 5.41) is 0. The van der Waals surface area contributed by atoms with Crippen molar-refractivity contribution in [3.63, 3.8) is 0 Å². The van der Waals surface area contributed by atoms with Gasteiger partial charge < -0.3 is 14.6 Å². The van der Waals surface area contributed by atoms with E-state index in [0.717, 1.165) is 64.6 Å². The minimum absolute atomic E-state index is 0.372. The summed E-state index contributed by atoms with van der Waals surface area (Å²) in [7, 11) is 2.17. The zero-order valence-corrected chi connectivity index (χ0v) is 44.2. The Kier molecular flexibility index (Phi) is 49.6. The molecule has 1 aliphatic rings. The molecule has 1 rings (SSSR count). The molecular weight excluding hydrogens is 773 g/mol. The van der Waals surface area contributed by atoms with Crippen LogP contribution < -0.4 is 0 Å². The number of aldehydes is 1. The number of hydrogen-bond donors (Lipinski definition) is 0. The van der Waals surface area contributed by atoms with Gasteiger partial charge in [0.2, 0.25) is 5.91 Å². The van der Waals surface area contributed by atoms with Crippen LogP contribution in [0.5, 0.6) is 0 Å². The molecule has 376 valence electrons. The SMILES string of the molecule is CCCCCCCCCC(CCCCCCCCC)CCN(CCCCCCCCC)CC(=O)N1CCN(C)CC1.CCCCCCCCCN(CC=O)CCCCCCCCC. The van der Waals surface area contributed by atoms with Crippen LogP contribution >= 0.6 is 0 Å². The molecule has 0 N–H and O–H groups in total. The van der Waals surface area contributed by atoms with Crippen LogP contribution in [0.4, 0.5) is 0 Å². The minimum atomic E-state index is 0.372. The lowest BCUT2D eigenvalue weighted by atomic mass is 9.91. The number of piperazine rings is 1. The van der Waals surface area contributed by atoms with Crippen LogP contribution in [0.2, 0.25) is 0 Å². The third kappa shape index (κ3) is 43.4. The summed E-state index contributed by atoms with van der Waals surface area (Å²) in [5.74, 6) is 1.22. The summed E-state index contributed by atoms with van der Waals surface area (Å²) in [4.78, 5) is 33.4. The van der Waals surface area contributed by atoms with Gasteiger partial charge in [-0.25, -0.2) is 0 Å². The molecule has 0 saturated carbocycles. The van der Waals surface area contributed by atoms with Crippen LogP contribution in [0.25, 0.3) is 0 Å². The lowest BCUT2D eigenvalue weighted by molar-refractivity contribution is -0.134. The van der Waals surface area contributed by atoms with Gasteiger partial charge in [0.25, 0.3) is 0 Å². The van der Waals surface area contributed by atoms with Crippen LogP contribution in [0.3, 0.4) is 0 Å². The average molecular weight is 890 g/mol. The van der Waals surface area contributed by atoms with E-state index in [4.69, 9.17) is 0 Å². The van der Waals surface area contributed by atoms with E-state index < -0.39 is 0 Å². The summed E-state index contributed by atoms with van der Waals surface area (Å²) in [6.45, 7) is 21.0. The molecule has 0 unspecified atom stereocenters. The van der Waals surface area contributed by atoms with Crippen molar-refractivity contribution >= 4 is 12.2 Å². The molecule has 1 fully saturated rings. The van der Waals surface area contributed by atoms with Gasteiger partial charge in [-0.3, -0.25) is 14.6 Å². The normalized spacial score (nSPS) is 13.4. The third-order valence-electron chi connectivity index (χ3n) is 14.1. The van der Waals surface area contributed by atoms with Crippen LogP contribution in [0.15, 0.2) is 0 Å². The standard InChI is InChI=1S/C37H75N3O.C20H41NO/c1-5-8-11-14-17-20-23-26-36(27-24-21-18-15-12-9-6-2)28-30-39(29-25-22-19-16-13-10-7-3)35-37(41)40-33-31-38(4)32-34-40;1-3-5-7-9-11-13-15-17-21(19-20-22)18-16-14-12-10-8-6-4-2/h36H,5-35H2,1-4H3;20H,3-19H2,1-2H3. The van der Waals surface area contributed by atoms with Crippen molar-refractivity contribution in [1.82, 2.24) is 19.6 Å². The van der Waals surface area contributed by atoms with E-state index in [1.807, 2.05) is 0 Å². The molecule has 1 amide bonds. The van der Waals surface area contributed by atoms with Gasteiger partial charge >= 0.3 is 0 Å². The van der Waals surface area contributed by atoms with E-state index in [-0.39, 0.29) is 0 Å².